The topological polar surface area (TPSA) is 59.6 Å². The number of ether oxygens (including phenoxy) is 2. The Hall–Kier alpha value is -0.910. The van der Waals surface area contributed by atoms with Gasteiger partial charge in [0.2, 0.25) is 5.91 Å². The zero-order chi connectivity index (χ0) is 13.8. The van der Waals surface area contributed by atoms with Gasteiger partial charge in [0.15, 0.2) is 0 Å². The molecule has 0 bridgehead atoms. The van der Waals surface area contributed by atoms with E-state index in [0.717, 1.165) is 32.4 Å². The van der Waals surface area contributed by atoms with Gasteiger partial charge in [-0.15, -0.1) is 6.58 Å². The fourth-order valence-corrected chi connectivity index (χ4v) is 1.90. The third-order valence-corrected chi connectivity index (χ3v) is 3.00. The molecule has 2 N–H and O–H groups in total. The second-order valence-electron chi connectivity index (χ2n) is 4.61. The number of nitrogens with one attached hydrogen (secondary N) is 2. The van der Waals surface area contributed by atoms with Crippen LogP contribution in [0.15, 0.2) is 12.7 Å². The van der Waals surface area contributed by atoms with E-state index < -0.39 is 0 Å². The minimum atomic E-state index is 0.0289. The molecule has 0 atom stereocenters. The van der Waals surface area contributed by atoms with Gasteiger partial charge in [0.1, 0.15) is 0 Å². The monoisotopic (exact) mass is 270 g/mol. The molecule has 1 fully saturated rings. The quantitative estimate of drug-likeness (QED) is 0.456. The number of piperidine rings is 1. The summed E-state index contributed by atoms with van der Waals surface area (Å²) < 4.78 is 11.0. The molecular formula is C14H26N2O3. The lowest BCUT2D eigenvalue weighted by Crippen LogP contribution is -2.33. The summed E-state index contributed by atoms with van der Waals surface area (Å²) >= 11 is 0. The highest BCUT2D eigenvalue weighted by Gasteiger charge is 2.13. The molecule has 0 aromatic carbocycles. The molecule has 1 amide bonds. The van der Waals surface area contributed by atoms with Gasteiger partial charge in [0, 0.05) is 13.0 Å². The van der Waals surface area contributed by atoms with E-state index in [1.807, 2.05) is 6.08 Å². The van der Waals surface area contributed by atoms with Crippen LogP contribution in [-0.4, -0.2) is 51.5 Å². The minimum absolute atomic E-state index is 0.0289. The number of amides is 1. The summed E-state index contributed by atoms with van der Waals surface area (Å²) in [5.41, 5.74) is 0. The molecule has 110 valence electrons. The van der Waals surface area contributed by atoms with Crippen LogP contribution in [0.3, 0.4) is 0 Å². The average molecular weight is 270 g/mol. The molecule has 1 heterocycles. The SMILES string of the molecule is C=CCCOCCNC(=O)CCOC1CCNCC1. The molecule has 5 heteroatoms. The Labute approximate surface area is 115 Å². The predicted molar refractivity (Wildman–Crippen MR) is 75.1 cm³/mol. The highest BCUT2D eigenvalue weighted by atomic mass is 16.5. The first-order valence-corrected chi connectivity index (χ1v) is 7.10. The Balaban J connectivity index is 1.88. The van der Waals surface area contributed by atoms with Crippen LogP contribution < -0.4 is 10.6 Å². The van der Waals surface area contributed by atoms with E-state index in [1.54, 1.807) is 0 Å². The Morgan fingerprint density at radius 2 is 2.11 bits per heavy atom. The van der Waals surface area contributed by atoms with Crippen molar-refractivity contribution < 1.29 is 14.3 Å². The van der Waals surface area contributed by atoms with Crippen LogP contribution in [0.4, 0.5) is 0 Å². The summed E-state index contributed by atoms with van der Waals surface area (Å²) in [6.07, 6.45) is 5.49. The third kappa shape index (κ3) is 8.75. The van der Waals surface area contributed by atoms with Crippen molar-refractivity contribution in [3.05, 3.63) is 12.7 Å². The van der Waals surface area contributed by atoms with Gasteiger partial charge in [-0.25, -0.2) is 0 Å². The maximum Gasteiger partial charge on any atom is 0.222 e. The van der Waals surface area contributed by atoms with Crippen molar-refractivity contribution in [2.24, 2.45) is 0 Å². The minimum Gasteiger partial charge on any atom is -0.379 e. The number of carbonyl (C=O) groups is 1. The van der Waals surface area contributed by atoms with Crippen LogP contribution in [0.1, 0.15) is 25.7 Å². The van der Waals surface area contributed by atoms with Crippen LogP contribution in [-0.2, 0) is 14.3 Å². The standard InChI is InChI=1S/C14H26N2O3/c1-2-3-10-18-12-9-16-14(17)6-11-19-13-4-7-15-8-5-13/h2,13,15H,1,3-12H2,(H,16,17). The van der Waals surface area contributed by atoms with Crippen molar-refractivity contribution in [2.75, 3.05) is 39.5 Å². The lowest BCUT2D eigenvalue weighted by molar-refractivity contribution is -0.123. The lowest BCUT2D eigenvalue weighted by Gasteiger charge is -2.22. The average Bonchev–Trinajstić information content (AvgIpc) is 2.44. The Kier molecular flexibility index (Phi) is 9.32. The Morgan fingerprint density at radius 3 is 2.84 bits per heavy atom. The van der Waals surface area contributed by atoms with Gasteiger partial charge in [-0.1, -0.05) is 6.08 Å². The summed E-state index contributed by atoms with van der Waals surface area (Å²) in [4.78, 5) is 11.5. The van der Waals surface area contributed by atoms with Crippen LogP contribution in [0.25, 0.3) is 0 Å². The maximum atomic E-state index is 11.5. The van der Waals surface area contributed by atoms with E-state index in [9.17, 15) is 4.79 Å². The molecule has 0 unspecified atom stereocenters. The van der Waals surface area contributed by atoms with Crippen molar-refractivity contribution in [3.63, 3.8) is 0 Å². The van der Waals surface area contributed by atoms with Crippen molar-refractivity contribution in [2.45, 2.75) is 31.8 Å². The largest absolute Gasteiger partial charge is 0.379 e. The van der Waals surface area contributed by atoms with E-state index in [1.165, 1.54) is 0 Å². The molecule has 0 aromatic rings. The van der Waals surface area contributed by atoms with Crippen molar-refractivity contribution in [1.29, 1.82) is 0 Å². The van der Waals surface area contributed by atoms with Crippen LogP contribution in [0.2, 0.25) is 0 Å². The van der Waals surface area contributed by atoms with E-state index >= 15 is 0 Å². The highest BCUT2D eigenvalue weighted by molar-refractivity contribution is 5.75. The van der Waals surface area contributed by atoms with Gasteiger partial charge in [0.25, 0.3) is 0 Å². The molecule has 1 saturated heterocycles. The Morgan fingerprint density at radius 1 is 1.32 bits per heavy atom. The van der Waals surface area contributed by atoms with Crippen molar-refractivity contribution >= 4 is 5.91 Å². The molecule has 1 aliphatic rings. The van der Waals surface area contributed by atoms with E-state index in [2.05, 4.69) is 17.2 Å². The normalized spacial score (nSPS) is 16.2. The zero-order valence-corrected chi connectivity index (χ0v) is 11.7. The van der Waals surface area contributed by atoms with E-state index in [-0.39, 0.29) is 5.91 Å². The molecule has 5 nitrogen and oxygen atoms in total. The van der Waals surface area contributed by atoms with Crippen LogP contribution >= 0.6 is 0 Å². The second-order valence-corrected chi connectivity index (χ2v) is 4.61. The van der Waals surface area contributed by atoms with Gasteiger partial charge in [-0.3, -0.25) is 4.79 Å². The van der Waals surface area contributed by atoms with Crippen LogP contribution in [0, 0.1) is 0 Å². The molecule has 0 aliphatic carbocycles. The summed E-state index contributed by atoms with van der Waals surface area (Å²) in [5, 5.41) is 6.10. The first-order chi connectivity index (χ1) is 9.33. The van der Waals surface area contributed by atoms with E-state index in [0.29, 0.717) is 38.9 Å². The number of rotatable bonds is 10. The summed E-state index contributed by atoms with van der Waals surface area (Å²) in [6, 6.07) is 0. The van der Waals surface area contributed by atoms with Crippen LogP contribution in [0.5, 0.6) is 0 Å². The summed E-state index contributed by atoms with van der Waals surface area (Å²) in [7, 11) is 0. The molecule has 1 rings (SSSR count). The molecule has 0 saturated carbocycles. The predicted octanol–water partition coefficient (Wildman–Crippen LogP) is 0.854. The lowest BCUT2D eigenvalue weighted by atomic mass is 10.1. The molecule has 19 heavy (non-hydrogen) atoms. The van der Waals surface area contributed by atoms with E-state index in [4.69, 9.17) is 9.47 Å². The van der Waals surface area contributed by atoms with Gasteiger partial charge in [-0.2, -0.15) is 0 Å². The zero-order valence-electron chi connectivity index (χ0n) is 11.7. The fourth-order valence-electron chi connectivity index (χ4n) is 1.90. The van der Waals surface area contributed by atoms with Gasteiger partial charge >= 0.3 is 0 Å². The van der Waals surface area contributed by atoms with Crippen molar-refractivity contribution in [1.82, 2.24) is 10.6 Å². The fraction of sp³-hybridized carbons (Fsp3) is 0.786. The first kappa shape index (κ1) is 16.1. The van der Waals surface area contributed by atoms with Gasteiger partial charge in [-0.05, 0) is 32.4 Å². The number of carbonyl (C=O) groups excluding carboxylic acids is 1. The molecule has 0 aromatic heterocycles. The third-order valence-electron chi connectivity index (χ3n) is 3.00. The van der Waals surface area contributed by atoms with Gasteiger partial charge in [0.05, 0.1) is 25.9 Å². The molecular weight excluding hydrogens is 244 g/mol. The van der Waals surface area contributed by atoms with Crippen molar-refractivity contribution in [3.8, 4) is 0 Å². The first-order valence-electron chi connectivity index (χ1n) is 7.10. The summed E-state index contributed by atoms with van der Waals surface area (Å²) in [6.45, 7) is 7.92. The second kappa shape index (κ2) is 11.0. The Bertz CT molecular complexity index is 253. The highest BCUT2D eigenvalue weighted by Crippen LogP contribution is 2.07. The maximum absolute atomic E-state index is 11.5. The van der Waals surface area contributed by atoms with Gasteiger partial charge < -0.3 is 20.1 Å². The number of hydrogen-bond donors (Lipinski definition) is 2. The molecule has 0 radical (unpaired) electrons. The smallest absolute Gasteiger partial charge is 0.222 e. The number of hydrogen-bond acceptors (Lipinski definition) is 4. The summed E-state index contributed by atoms with van der Waals surface area (Å²) in [5.74, 6) is 0.0289. The molecule has 1 aliphatic heterocycles. The molecule has 0 spiro atoms.